The van der Waals surface area contributed by atoms with Crippen molar-refractivity contribution < 1.29 is 17.9 Å². The Morgan fingerprint density at radius 1 is 1.16 bits per heavy atom. The van der Waals surface area contributed by atoms with Gasteiger partial charge in [0.25, 0.3) is 0 Å². The fourth-order valence-corrected chi connectivity index (χ4v) is 1.78. The normalized spacial score (nSPS) is 11.8. The fraction of sp³-hybridized carbons (Fsp3) is 0.571. The Morgan fingerprint density at radius 2 is 1.95 bits per heavy atom. The van der Waals surface area contributed by atoms with Gasteiger partial charge in [0.2, 0.25) is 0 Å². The van der Waals surface area contributed by atoms with Crippen LogP contribution in [0.1, 0.15) is 24.0 Å². The zero-order valence-electron chi connectivity index (χ0n) is 11.1. The first-order valence-corrected chi connectivity index (χ1v) is 6.40. The summed E-state index contributed by atoms with van der Waals surface area (Å²) in [7, 11) is 1.65. The molecule has 19 heavy (non-hydrogen) atoms. The number of unbranched alkanes of at least 4 members (excludes halogenated alkanes) is 1. The maximum atomic E-state index is 12.5. The maximum absolute atomic E-state index is 12.5. The number of hydrogen-bond acceptors (Lipinski definition) is 2. The van der Waals surface area contributed by atoms with Crippen LogP contribution < -0.4 is 5.32 Å². The highest BCUT2D eigenvalue weighted by atomic mass is 19.4. The molecule has 0 aliphatic carbocycles. The Balaban J connectivity index is 2.26. The van der Waals surface area contributed by atoms with Gasteiger partial charge < -0.3 is 10.1 Å². The number of nitrogens with one attached hydrogen (secondary N) is 1. The summed E-state index contributed by atoms with van der Waals surface area (Å²) in [5.41, 5.74) is 0.176. The van der Waals surface area contributed by atoms with Crippen LogP contribution in [0.15, 0.2) is 24.3 Å². The molecule has 1 rings (SSSR count). The topological polar surface area (TPSA) is 21.3 Å². The second kappa shape index (κ2) is 8.17. The molecule has 0 saturated heterocycles. The summed E-state index contributed by atoms with van der Waals surface area (Å²) in [6, 6.07) is 5.55. The van der Waals surface area contributed by atoms with E-state index in [1.807, 2.05) is 0 Å². The van der Waals surface area contributed by atoms with Crippen LogP contribution in [0.2, 0.25) is 0 Å². The van der Waals surface area contributed by atoms with E-state index in [1.54, 1.807) is 13.2 Å². The predicted molar refractivity (Wildman–Crippen MR) is 69.1 cm³/mol. The number of aryl methyl sites for hydroxylation is 1. The maximum Gasteiger partial charge on any atom is 0.416 e. The monoisotopic (exact) mass is 275 g/mol. The average Bonchev–Trinajstić information content (AvgIpc) is 2.37. The number of ether oxygens (including phenoxy) is 1. The number of methoxy groups -OCH3 is 1. The van der Waals surface area contributed by atoms with Crippen molar-refractivity contribution in [3.05, 3.63) is 35.4 Å². The lowest BCUT2D eigenvalue weighted by Gasteiger charge is -2.09. The molecule has 0 fully saturated rings. The van der Waals surface area contributed by atoms with Gasteiger partial charge in [-0.2, -0.15) is 13.2 Å². The van der Waals surface area contributed by atoms with Crippen molar-refractivity contribution in [3.8, 4) is 0 Å². The molecule has 108 valence electrons. The second-order valence-corrected chi connectivity index (χ2v) is 4.40. The average molecular weight is 275 g/mol. The van der Waals surface area contributed by atoms with Crippen molar-refractivity contribution in [3.63, 3.8) is 0 Å². The lowest BCUT2D eigenvalue weighted by atomic mass is 10.1. The molecular weight excluding hydrogens is 255 g/mol. The third-order valence-electron chi connectivity index (χ3n) is 2.81. The second-order valence-electron chi connectivity index (χ2n) is 4.40. The molecule has 0 aromatic heterocycles. The molecule has 1 aromatic carbocycles. The van der Waals surface area contributed by atoms with Crippen LogP contribution >= 0.6 is 0 Å². The lowest BCUT2D eigenvalue weighted by Crippen LogP contribution is -2.20. The van der Waals surface area contributed by atoms with Gasteiger partial charge in [-0.1, -0.05) is 18.2 Å². The number of hydrogen-bond donors (Lipinski definition) is 1. The van der Waals surface area contributed by atoms with Crippen molar-refractivity contribution in [2.45, 2.75) is 25.4 Å². The molecule has 0 heterocycles. The predicted octanol–water partition coefficient (Wildman–Crippen LogP) is 3.26. The molecule has 1 aromatic rings. The van der Waals surface area contributed by atoms with Crippen molar-refractivity contribution in [1.82, 2.24) is 5.32 Å². The first-order valence-electron chi connectivity index (χ1n) is 6.40. The van der Waals surface area contributed by atoms with E-state index in [1.165, 1.54) is 12.1 Å². The van der Waals surface area contributed by atoms with Crippen LogP contribution in [0.4, 0.5) is 13.2 Å². The van der Waals surface area contributed by atoms with E-state index in [2.05, 4.69) is 5.32 Å². The van der Waals surface area contributed by atoms with Gasteiger partial charge in [0, 0.05) is 13.7 Å². The highest BCUT2D eigenvalue weighted by Gasteiger charge is 2.30. The first-order chi connectivity index (χ1) is 9.04. The molecule has 0 radical (unpaired) electrons. The Morgan fingerprint density at radius 3 is 2.63 bits per heavy atom. The summed E-state index contributed by atoms with van der Waals surface area (Å²) in [6.45, 7) is 2.34. The number of rotatable bonds is 8. The third-order valence-corrected chi connectivity index (χ3v) is 2.81. The van der Waals surface area contributed by atoms with Gasteiger partial charge >= 0.3 is 6.18 Å². The molecule has 0 spiro atoms. The summed E-state index contributed by atoms with van der Waals surface area (Å²) >= 11 is 0. The zero-order chi connectivity index (χ0) is 14.1. The van der Waals surface area contributed by atoms with E-state index in [4.69, 9.17) is 4.74 Å². The minimum atomic E-state index is -4.25. The summed E-state index contributed by atoms with van der Waals surface area (Å²) < 4.78 is 42.4. The van der Waals surface area contributed by atoms with Crippen LogP contribution in [0.25, 0.3) is 0 Å². The standard InChI is InChI=1S/C14H20F3NO/c1-19-10-9-18-8-3-2-5-12-6-4-7-13(11-12)14(15,16)17/h4,6-7,11,18H,2-3,5,8-10H2,1H3. The van der Waals surface area contributed by atoms with E-state index in [-0.39, 0.29) is 0 Å². The summed E-state index contributed by atoms with van der Waals surface area (Å²) in [4.78, 5) is 0. The Bertz CT molecular complexity index is 366. The highest BCUT2D eigenvalue weighted by molar-refractivity contribution is 5.25. The van der Waals surface area contributed by atoms with Crippen LogP contribution in [0.5, 0.6) is 0 Å². The number of alkyl halides is 3. The molecule has 0 bridgehead atoms. The smallest absolute Gasteiger partial charge is 0.383 e. The fourth-order valence-electron chi connectivity index (χ4n) is 1.78. The molecular formula is C14H20F3NO. The van der Waals surface area contributed by atoms with Gasteiger partial charge in [0.15, 0.2) is 0 Å². The molecule has 2 nitrogen and oxygen atoms in total. The largest absolute Gasteiger partial charge is 0.416 e. The zero-order valence-corrected chi connectivity index (χ0v) is 11.1. The van der Waals surface area contributed by atoms with E-state index >= 15 is 0 Å². The quantitative estimate of drug-likeness (QED) is 0.735. The van der Waals surface area contributed by atoms with Gasteiger partial charge in [0.1, 0.15) is 0 Å². The molecule has 0 aliphatic heterocycles. The van der Waals surface area contributed by atoms with Crippen LogP contribution in [-0.4, -0.2) is 26.8 Å². The van der Waals surface area contributed by atoms with Crippen LogP contribution in [0, 0.1) is 0 Å². The third kappa shape index (κ3) is 6.59. The highest BCUT2D eigenvalue weighted by Crippen LogP contribution is 2.29. The van der Waals surface area contributed by atoms with Crippen molar-refractivity contribution in [2.24, 2.45) is 0 Å². The van der Waals surface area contributed by atoms with Gasteiger partial charge in [-0.3, -0.25) is 0 Å². The van der Waals surface area contributed by atoms with E-state index < -0.39 is 11.7 Å². The van der Waals surface area contributed by atoms with Gasteiger partial charge in [-0.05, 0) is 37.4 Å². The summed E-state index contributed by atoms with van der Waals surface area (Å²) in [5, 5.41) is 3.20. The molecule has 5 heteroatoms. The summed E-state index contributed by atoms with van der Waals surface area (Å²) in [6.07, 6.45) is -1.76. The van der Waals surface area contributed by atoms with Crippen molar-refractivity contribution in [2.75, 3.05) is 26.8 Å². The van der Waals surface area contributed by atoms with E-state index in [0.717, 1.165) is 37.6 Å². The Hall–Kier alpha value is -1.07. The molecule has 0 amide bonds. The minimum Gasteiger partial charge on any atom is -0.383 e. The van der Waals surface area contributed by atoms with Crippen molar-refractivity contribution >= 4 is 0 Å². The van der Waals surface area contributed by atoms with Gasteiger partial charge in [-0.25, -0.2) is 0 Å². The molecule has 0 unspecified atom stereocenters. The molecule has 1 N–H and O–H groups in total. The SMILES string of the molecule is COCCNCCCCc1cccc(C(F)(F)F)c1. The minimum absolute atomic E-state index is 0.566. The van der Waals surface area contributed by atoms with E-state index in [0.29, 0.717) is 13.0 Å². The Labute approximate surface area is 112 Å². The van der Waals surface area contributed by atoms with Crippen LogP contribution in [-0.2, 0) is 17.3 Å². The molecule has 0 aliphatic rings. The molecule has 0 atom stereocenters. The van der Waals surface area contributed by atoms with Crippen molar-refractivity contribution in [1.29, 1.82) is 0 Å². The number of benzene rings is 1. The first kappa shape index (κ1) is 16.0. The van der Waals surface area contributed by atoms with Gasteiger partial charge in [0.05, 0.1) is 12.2 Å². The lowest BCUT2D eigenvalue weighted by molar-refractivity contribution is -0.137. The van der Waals surface area contributed by atoms with E-state index in [9.17, 15) is 13.2 Å². The van der Waals surface area contributed by atoms with Crippen LogP contribution in [0.3, 0.4) is 0 Å². The molecule has 0 saturated carbocycles. The van der Waals surface area contributed by atoms with Gasteiger partial charge in [-0.15, -0.1) is 0 Å². The number of halogens is 3. The Kier molecular flexibility index (Phi) is 6.87. The summed E-state index contributed by atoms with van der Waals surface area (Å²) in [5.74, 6) is 0.